The molecule has 0 saturated carbocycles. The molecule has 1 N–H and O–H groups in total. The quantitative estimate of drug-likeness (QED) is 0.787. The Labute approximate surface area is 97.7 Å². The van der Waals surface area contributed by atoms with Gasteiger partial charge >= 0.3 is 5.97 Å². The van der Waals surface area contributed by atoms with Gasteiger partial charge in [-0.1, -0.05) is 6.58 Å². The lowest BCUT2D eigenvalue weighted by Crippen LogP contribution is -2.32. The Morgan fingerprint density at radius 2 is 2.35 bits per heavy atom. The van der Waals surface area contributed by atoms with E-state index in [1.54, 1.807) is 24.4 Å². The fourth-order valence-corrected chi connectivity index (χ4v) is 1.69. The number of pyridine rings is 1. The van der Waals surface area contributed by atoms with Crippen LogP contribution in [0.25, 0.3) is 6.08 Å². The van der Waals surface area contributed by atoms with Crippen LogP contribution in [0.5, 0.6) is 0 Å². The van der Waals surface area contributed by atoms with E-state index in [9.17, 15) is 9.59 Å². The van der Waals surface area contributed by atoms with Crippen LogP contribution in [-0.2, 0) is 9.59 Å². The molecule has 1 aliphatic rings. The summed E-state index contributed by atoms with van der Waals surface area (Å²) in [6.07, 6.45) is 3.88. The minimum Gasteiger partial charge on any atom is -0.480 e. The molecule has 0 saturated heterocycles. The number of carbonyl (C=O) groups excluding carboxylic acids is 1. The van der Waals surface area contributed by atoms with E-state index >= 15 is 0 Å². The zero-order chi connectivity index (χ0) is 12.4. The molecule has 5 nitrogen and oxygen atoms in total. The van der Waals surface area contributed by atoms with E-state index in [2.05, 4.69) is 11.6 Å². The van der Waals surface area contributed by atoms with Crippen molar-refractivity contribution in [3.63, 3.8) is 0 Å². The summed E-state index contributed by atoms with van der Waals surface area (Å²) >= 11 is 0. The van der Waals surface area contributed by atoms with Gasteiger partial charge in [0, 0.05) is 23.0 Å². The number of carbonyl (C=O) groups is 2. The second kappa shape index (κ2) is 4.21. The van der Waals surface area contributed by atoms with Gasteiger partial charge < -0.3 is 10.0 Å². The number of nitrogens with zero attached hydrogens (tertiary/aromatic N) is 2. The predicted molar refractivity (Wildman–Crippen MR) is 62.4 cm³/mol. The third-order valence-electron chi connectivity index (χ3n) is 2.46. The maximum Gasteiger partial charge on any atom is 0.323 e. The van der Waals surface area contributed by atoms with Crippen LogP contribution in [0.15, 0.2) is 36.2 Å². The molecule has 2 rings (SSSR count). The lowest BCUT2D eigenvalue weighted by atomic mass is 10.0. The Morgan fingerprint density at radius 1 is 1.59 bits per heavy atom. The normalized spacial score (nSPS) is 14.0. The van der Waals surface area contributed by atoms with Crippen LogP contribution in [0.1, 0.15) is 5.56 Å². The molecule has 0 amide bonds. The maximum atomic E-state index is 10.9. The molecule has 86 valence electrons. The summed E-state index contributed by atoms with van der Waals surface area (Å²) in [6.45, 7) is 3.45. The molecule has 0 aromatic carbocycles. The van der Waals surface area contributed by atoms with Crippen molar-refractivity contribution in [2.24, 2.45) is 0 Å². The highest BCUT2D eigenvalue weighted by Crippen LogP contribution is 2.30. The highest BCUT2D eigenvalue weighted by atomic mass is 16.4. The predicted octanol–water partition coefficient (Wildman–Crippen LogP) is 1.08. The van der Waals surface area contributed by atoms with Crippen molar-refractivity contribution < 1.29 is 14.7 Å². The molecule has 5 heteroatoms. The van der Waals surface area contributed by atoms with E-state index < -0.39 is 5.97 Å². The fourth-order valence-electron chi connectivity index (χ4n) is 1.69. The van der Waals surface area contributed by atoms with Crippen molar-refractivity contribution in [1.29, 1.82) is 0 Å². The molecule has 0 aliphatic carbocycles. The zero-order valence-corrected chi connectivity index (χ0v) is 8.96. The number of hydrogen-bond acceptors (Lipinski definition) is 4. The number of aldehydes is 1. The first-order chi connectivity index (χ1) is 8.13. The Morgan fingerprint density at radius 3 is 3.00 bits per heavy atom. The third-order valence-corrected chi connectivity index (χ3v) is 2.46. The molecule has 0 fully saturated rings. The lowest BCUT2D eigenvalue weighted by Gasteiger charge is -2.28. The number of aromatic nitrogens is 1. The molecule has 1 aromatic rings. The van der Waals surface area contributed by atoms with Crippen LogP contribution in [0.4, 0.5) is 5.82 Å². The number of aliphatic carboxylic acids is 1. The van der Waals surface area contributed by atoms with Crippen molar-refractivity contribution in [1.82, 2.24) is 4.98 Å². The first kappa shape index (κ1) is 11.1. The first-order valence-corrected chi connectivity index (χ1v) is 4.94. The Bertz CT molecular complexity index is 534. The van der Waals surface area contributed by atoms with Gasteiger partial charge in [0.1, 0.15) is 12.4 Å². The molecule has 0 spiro atoms. The van der Waals surface area contributed by atoms with Gasteiger partial charge in [0.05, 0.1) is 0 Å². The SMILES string of the molecule is C=C1C(C=O)=Cc2cccnc2N1CC(=O)O. The van der Waals surface area contributed by atoms with Crippen molar-refractivity contribution in [2.75, 3.05) is 11.4 Å². The summed E-state index contributed by atoms with van der Waals surface area (Å²) in [5.74, 6) is -0.500. The minimum absolute atomic E-state index is 0.270. The summed E-state index contributed by atoms with van der Waals surface area (Å²) in [5, 5.41) is 8.85. The molecular weight excluding hydrogens is 220 g/mol. The van der Waals surface area contributed by atoms with Gasteiger partial charge in [0.25, 0.3) is 0 Å². The topological polar surface area (TPSA) is 70.5 Å². The fraction of sp³-hybridized carbons (Fsp3) is 0.0833. The number of carboxylic acid groups (broad SMARTS) is 1. The molecular formula is C12H10N2O3. The number of fused-ring (bicyclic) bond motifs is 1. The Hall–Kier alpha value is -2.43. The summed E-state index contributed by atoms with van der Waals surface area (Å²) in [6, 6.07) is 3.50. The largest absolute Gasteiger partial charge is 0.480 e. The standard InChI is InChI=1S/C12H10N2O3/c1-8-10(7-15)5-9-3-2-4-13-12(9)14(8)6-11(16)17/h2-5,7H,1,6H2,(H,16,17). The molecule has 0 unspecified atom stereocenters. The number of anilines is 1. The molecule has 0 atom stereocenters. The highest BCUT2D eigenvalue weighted by Gasteiger charge is 2.24. The number of allylic oxidation sites excluding steroid dienone is 1. The van der Waals surface area contributed by atoms with Gasteiger partial charge in [-0.2, -0.15) is 0 Å². The highest BCUT2D eigenvalue weighted by molar-refractivity contribution is 5.95. The van der Waals surface area contributed by atoms with Gasteiger partial charge in [0.2, 0.25) is 0 Å². The molecule has 1 aromatic heterocycles. The van der Waals surface area contributed by atoms with Gasteiger partial charge in [-0.15, -0.1) is 0 Å². The number of carboxylic acids is 1. The van der Waals surface area contributed by atoms with Crippen LogP contribution in [-0.4, -0.2) is 28.9 Å². The van der Waals surface area contributed by atoms with Gasteiger partial charge in [-0.25, -0.2) is 4.98 Å². The van der Waals surface area contributed by atoms with E-state index in [0.29, 0.717) is 28.9 Å². The second-order valence-corrected chi connectivity index (χ2v) is 3.56. The monoisotopic (exact) mass is 230 g/mol. The summed E-state index contributed by atoms with van der Waals surface area (Å²) < 4.78 is 0. The van der Waals surface area contributed by atoms with Crippen LogP contribution in [0.2, 0.25) is 0 Å². The average Bonchev–Trinajstić information content (AvgIpc) is 2.32. The van der Waals surface area contributed by atoms with E-state index in [0.717, 1.165) is 0 Å². The first-order valence-electron chi connectivity index (χ1n) is 4.94. The van der Waals surface area contributed by atoms with Crippen LogP contribution in [0.3, 0.4) is 0 Å². The van der Waals surface area contributed by atoms with E-state index in [-0.39, 0.29) is 6.54 Å². The van der Waals surface area contributed by atoms with Crippen LogP contribution in [0, 0.1) is 0 Å². The van der Waals surface area contributed by atoms with Gasteiger partial charge in [-0.05, 0) is 18.2 Å². The Balaban J connectivity index is 2.53. The van der Waals surface area contributed by atoms with Crippen LogP contribution >= 0.6 is 0 Å². The molecule has 1 aliphatic heterocycles. The van der Waals surface area contributed by atoms with Gasteiger partial charge in [-0.3, -0.25) is 9.59 Å². The van der Waals surface area contributed by atoms with Crippen molar-refractivity contribution >= 4 is 24.1 Å². The van der Waals surface area contributed by atoms with Crippen molar-refractivity contribution in [3.8, 4) is 0 Å². The molecule has 2 heterocycles. The summed E-state index contributed by atoms with van der Waals surface area (Å²) in [7, 11) is 0. The average molecular weight is 230 g/mol. The second-order valence-electron chi connectivity index (χ2n) is 3.56. The van der Waals surface area contributed by atoms with E-state index in [1.165, 1.54) is 4.90 Å². The van der Waals surface area contributed by atoms with E-state index in [1.807, 2.05) is 0 Å². The van der Waals surface area contributed by atoms with Crippen molar-refractivity contribution in [3.05, 3.63) is 41.7 Å². The maximum absolute atomic E-state index is 10.9. The summed E-state index contributed by atoms with van der Waals surface area (Å²) in [4.78, 5) is 27.2. The molecule has 17 heavy (non-hydrogen) atoms. The van der Waals surface area contributed by atoms with Crippen molar-refractivity contribution in [2.45, 2.75) is 0 Å². The summed E-state index contributed by atoms with van der Waals surface area (Å²) in [5.41, 5.74) is 1.43. The Kier molecular flexibility index (Phi) is 2.74. The minimum atomic E-state index is -1.00. The smallest absolute Gasteiger partial charge is 0.323 e. The zero-order valence-electron chi connectivity index (χ0n) is 8.96. The molecule has 0 bridgehead atoms. The van der Waals surface area contributed by atoms with E-state index in [4.69, 9.17) is 5.11 Å². The lowest BCUT2D eigenvalue weighted by molar-refractivity contribution is -0.135. The number of rotatable bonds is 3. The third kappa shape index (κ3) is 1.94. The van der Waals surface area contributed by atoms with Gasteiger partial charge in [0.15, 0.2) is 6.29 Å². The number of hydrogen-bond donors (Lipinski definition) is 1. The van der Waals surface area contributed by atoms with Crippen LogP contribution < -0.4 is 4.90 Å². The molecule has 0 radical (unpaired) electrons.